The molecule has 76 valence electrons. The van der Waals surface area contributed by atoms with E-state index in [4.69, 9.17) is 0 Å². The van der Waals surface area contributed by atoms with Crippen LogP contribution in [0.5, 0.6) is 0 Å². The van der Waals surface area contributed by atoms with Crippen molar-refractivity contribution in [3.8, 4) is 0 Å². The van der Waals surface area contributed by atoms with Crippen LogP contribution in [0.25, 0.3) is 0 Å². The third-order valence-corrected chi connectivity index (χ3v) is 5.77. The van der Waals surface area contributed by atoms with Crippen molar-refractivity contribution in [3.05, 3.63) is 0 Å². The number of likely N-dealkylation sites (tertiary alicyclic amines) is 1. The molecule has 0 saturated carbocycles. The number of hydrogen-bond acceptors (Lipinski definition) is 4. The van der Waals surface area contributed by atoms with E-state index in [-0.39, 0.29) is 6.10 Å². The van der Waals surface area contributed by atoms with Gasteiger partial charge in [-0.2, -0.15) is 0 Å². The molecule has 4 heteroatoms. The maximum Gasteiger partial charge on any atom is 0.0764 e. The molecule has 1 unspecified atom stereocenters. The van der Waals surface area contributed by atoms with Gasteiger partial charge < -0.3 is 10.0 Å². The molecule has 3 atom stereocenters. The Morgan fingerprint density at radius 3 is 2.92 bits per heavy atom. The highest BCUT2D eigenvalue weighted by atomic mass is 32.2. The standard InChI is InChI=1S/C9H17NOS2/c1-10-4-2-3-7(10)9-8(11)5-12-6-13-9/h7-9,11H,2-6H2,1H3/t7?,8-,9+/m0/s1. The number of rotatable bonds is 1. The molecule has 0 spiro atoms. The molecular weight excluding hydrogens is 202 g/mol. The predicted octanol–water partition coefficient (Wildman–Crippen LogP) is 1.25. The smallest absolute Gasteiger partial charge is 0.0764 e. The summed E-state index contributed by atoms with van der Waals surface area (Å²) >= 11 is 3.80. The first-order valence-electron chi connectivity index (χ1n) is 4.86. The molecule has 0 amide bonds. The zero-order valence-corrected chi connectivity index (χ0v) is 9.61. The van der Waals surface area contributed by atoms with Crippen molar-refractivity contribution in [2.45, 2.75) is 30.2 Å². The average Bonchev–Trinajstić information content (AvgIpc) is 2.52. The summed E-state index contributed by atoms with van der Waals surface area (Å²) in [7, 11) is 2.19. The molecule has 0 bridgehead atoms. The predicted molar refractivity (Wildman–Crippen MR) is 60.4 cm³/mol. The summed E-state index contributed by atoms with van der Waals surface area (Å²) in [6, 6.07) is 0.626. The van der Waals surface area contributed by atoms with E-state index in [0.717, 1.165) is 10.8 Å². The molecule has 2 fully saturated rings. The van der Waals surface area contributed by atoms with Gasteiger partial charge in [0.25, 0.3) is 0 Å². The Balaban J connectivity index is 1.97. The van der Waals surface area contributed by atoms with Crippen molar-refractivity contribution in [3.63, 3.8) is 0 Å². The number of hydrogen-bond donors (Lipinski definition) is 1. The Morgan fingerprint density at radius 2 is 2.31 bits per heavy atom. The molecule has 0 aromatic heterocycles. The van der Waals surface area contributed by atoms with E-state index in [1.807, 2.05) is 23.5 Å². The normalized spacial score (nSPS) is 42.5. The molecule has 0 radical (unpaired) electrons. The maximum absolute atomic E-state index is 9.88. The summed E-state index contributed by atoms with van der Waals surface area (Å²) in [6.07, 6.45) is 2.49. The molecule has 0 aliphatic carbocycles. The molecule has 0 aromatic carbocycles. The molecular formula is C9H17NOS2. The van der Waals surface area contributed by atoms with Gasteiger partial charge in [0.05, 0.1) is 6.10 Å². The molecule has 2 saturated heterocycles. The van der Waals surface area contributed by atoms with Crippen molar-refractivity contribution in [1.82, 2.24) is 4.90 Å². The first-order valence-corrected chi connectivity index (χ1v) is 7.07. The average molecular weight is 219 g/mol. The van der Waals surface area contributed by atoms with Crippen LogP contribution in [0.1, 0.15) is 12.8 Å². The topological polar surface area (TPSA) is 23.5 Å². The van der Waals surface area contributed by atoms with Crippen LogP contribution in [0, 0.1) is 0 Å². The van der Waals surface area contributed by atoms with Gasteiger partial charge in [-0.3, -0.25) is 0 Å². The minimum atomic E-state index is -0.0886. The Morgan fingerprint density at radius 1 is 1.46 bits per heavy atom. The maximum atomic E-state index is 9.88. The molecule has 0 aromatic rings. The highest BCUT2D eigenvalue weighted by molar-refractivity contribution is 8.16. The Kier molecular flexibility index (Phi) is 3.46. The van der Waals surface area contributed by atoms with Crippen LogP contribution in [0.3, 0.4) is 0 Å². The number of thioether (sulfide) groups is 2. The van der Waals surface area contributed by atoms with Gasteiger partial charge >= 0.3 is 0 Å². The second-order valence-corrected chi connectivity index (χ2v) is 6.44. The van der Waals surface area contributed by atoms with Crippen LogP contribution in [-0.4, -0.2) is 51.8 Å². The Bertz CT molecular complexity index is 179. The number of aliphatic hydroxyl groups is 1. The third kappa shape index (κ3) is 2.17. The Hall–Kier alpha value is 0.620. The fourth-order valence-corrected chi connectivity index (χ4v) is 5.07. The third-order valence-electron chi connectivity index (χ3n) is 2.97. The van der Waals surface area contributed by atoms with Crippen molar-refractivity contribution in [1.29, 1.82) is 0 Å². The molecule has 2 rings (SSSR count). The van der Waals surface area contributed by atoms with Crippen molar-refractivity contribution in [2.75, 3.05) is 24.4 Å². The first kappa shape index (κ1) is 10.1. The van der Waals surface area contributed by atoms with Gasteiger partial charge in [0.2, 0.25) is 0 Å². The van der Waals surface area contributed by atoms with Gasteiger partial charge in [-0.1, -0.05) is 0 Å². The number of aliphatic hydroxyl groups excluding tert-OH is 1. The van der Waals surface area contributed by atoms with Crippen molar-refractivity contribution < 1.29 is 5.11 Å². The van der Waals surface area contributed by atoms with Gasteiger partial charge in [0.1, 0.15) is 0 Å². The second-order valence-electron chi connectivity index (χ2n) is 3.88. The SMILES string of the molecule is CN1CCCC1[C@H]1SCSC[C@@H]1O. The fraction of sp³-hybridized carbons (Fsp3) is 1.00. The van der Waals surface area contributed by atoms with Crippen LogP contribution in [0.2, 0.25) is 0 Å². The van der Waals surface area contributed by atoms with Crippen molar-refractivity contribution >= 4 is 23.5 Å². The highest BCUT2D eigenvalue weighted by Crippen LogP contribution is 2.35. The minimum absolute atomic E-state index is 0.0886. The van der Waals surface area contributed by atoms with E-state index in [1.54, 1.807) is 0 Å². The summed E-state index contributed by atoms with van der Waals surface area (Å²) in [4.78, 5) is 2.41. The van der Waals surface area contributed by atoms with E-state index in [2.05, 4.69) is 11.9 Å². The lowest BCUT2D eigenvalue weighted by atomic mass is 10.1. The largest absolute Gasteiger partial charge is 0.391 e. The first-order chi connectivity index (χ1) is 6.29. The Labute approximate surface area is 88.4 Å². The quantitative estimate of drug-likeness (QED) is 0.717. The fourth-order valence-electron chi connectivity index (χ4n) is 2.22. The summed E-state index contributed by atoms with van der Waals surface area (Å²) in [6.45, 7) is 1.21. The molecule has 2 heterocycles. The second kappa shape index (κ2) is 4.43. The summed E-state index contributed by atoms with van der Waals surface area (Å²) in [5.74, 6) is 0.933. The van der Waals surface area contributed by atoms with E-state index in [9.17, 15) is 5.11 Å². The lowest BCUT2D eigenvalue weighted by molar-refractivity contribution is 0.155. The van der Waals surface area contributed by atoms with E-state index in [0.29, 0.717) is 11.3 Å². The molecule has 13 heavy (non-hydrogen) atoms. The van der Waals surface area contributed by atoms with Crippen LogP contribution in [0.15, 0.2) is 0 Å². The van der Waals surface area contributed by atoms with E-state index in [1.165, 1.54) is 19.4 Å². The van der Waals surface area contributed by atoms with Gasteiger partial charge in [-0.15, -0.1) is 23.5 Å². The molecule has 2 nitrogen and oxygen atoms in total. The van der Waals surface area contributed by atoms with Gasteiger partial charge in [-0.05, 0) is 26.4 Å². The van der Waals surface area contributed by atoms with Crippen molar-refractivity contribution in [2.24, 2.45) is 0 Å². The number of nitrogens with zero attached hydrogens (tertiary/aromatic N) is 1. The van der Waals surface area contributed by atoms with Crippen LogP contribution < -0.4 is 0 Å². The molecule has 1 N–H and O–H groups in total. The summed E-state index contributed by atoms with van der Waals surface area (Å²) in [5.41, 5.74) is 0. The van der Waals surface area contributed by atoms with Crippen LogP contribution >= 0.6 is 23.5 Å². The molecule has 2 aliphatic heterocycles. The monoisotopic (exact) mass is 219 g/mol. The zero-order valence-electron chi connectivity index (χ0n) is 7.98. The summed E-state index contributed by atoms with van der Waals surface area (Å²) in [5, 5.41) is 11.5. The van der Waals surface area contributed by atoms with Gasteiger partial charge in [-0.25, -0.2) is 0 Å². The highest BCUT2D eigenvalue weighted by Gasteiger charge is 2.35. The minimum Gasteiger partial charge on any atom is -0.391 e. The zero-order chi connectivity index (χ0) is 9.26. The lowest BCUT2D eigenvalue weighted by Crippen LogP contribution is -2.44. The summed E-state index contributed by atoms with van der Waals surface area (Å²) < 4.78 is 0. The van der Waals surface area contributed by atoms with Gasteiger partial charge in [0.15, 0.2) is 0 Å². The molecule has 2 aliphatic rings. The van der Waals surface area contributed by atoms with Gasteiger partial charge in [0, 0.05) is 22.1 Å². The van der Waals surface area contributed by atoms with E-state index < -0.39 is 0 Å². The van der Waals surface area contributed by atoms with Crippen LogP contribution in [0.4, 0.5) is 0 Å². The van der Waals surface area contributed by atoms with E-state index >= 15 is 0 Å². The lowest BCUT2D eigenvalue weighted by Gasteiger charge is -2.34. The van der Waals surface area contributed by atoms with Crippen LogP contribution in [-0.2, 0) is 0 Å².